The zero-order chi connectivity index (χ0) is 12.3. The number of oxazole rings is 1. The summed E-state index contributed by atoms with van der Waals surface area (Å²) in [4.78, 5) is 3.76. The largest absolute Gasteiger partial charge is 0.447 e. The molecule has 0 saturated carbocycles. The van der Waals surface area contributed by atoms with Gasteiger partial charge in [0.25, 0.3) is 0 Å². The number of aromatic nitrogens is 1. The van der Waals surface area contributed by atoms with Crippen LogP contribution in [0, 0.1) is 11.6 Å². The summed E-state index contributed by atoms with van der Waals surface area (Å²) >= 11 is 0. The van der Waals surface area contributed by atoms with Crippen molar-refractivity contribution in [2.45, 2.75) is 19.5 Å². The topological polar surface area (TPSA) is 38.1 Å². The maximum Gasteiger partial charge on any atom is 0.180 e. The van der Waals surface area contributed by atoms with Gasteiger partial charge in [0, 0.05) is 11.6 Å². The minimum absolute atomic E-state index is 0.296. The lowest BCUT2D eigenvalue weighted by Gasteiger charge is -2.14. The van der Waals surface area contributed by atoms with E-state index in [0.29, 0.717) is 17.9 Å². The van der Waals surface area contributed by atoms with Crippen LogP contribution in [-0.2, 0) is 6.54 Å². The van der Waals surface area contributed by atoms with Crippen molar-refractivity contribution in [2.75, 3.05) is 0 Å². The molecule has 17 heavy (non-hydrogen) atoms. The Morgan fingerprint density at radius 1 is 1.41 bits per heavy atom. The Morgan fingerprint density at radius 3 is 2.94 bits per heavy atom. The third-order valence-corrected chi connectivity index (χ3v) is 2.49. The van der Waals surface area contributed by atoms with Crippen LogP contribution in [0.2, 0.25) is 0 Å². The molecular formula is C12H12F2N2O. The van der Waals surface area contributed by atoms with Crippen LogP contribution in [0.15, 0.2) is 35.2 Å². The van der Waals surface area contributed by atoms with Gasteiger partial charge in [0.05, 0.1) is 12.7 Å². The Kier molecular flexibility index (Phi) is 3.49. The number of hydrogen-bond acceptors (Lipinski definition) is 3. The van der Waals surface area contributed by atoms with Crippen molar-refractivity contribution in [1.29, 1.82) is 0 Å². The third kappa shape index (κ3) is 2.88. The molecule has 5 heteroatoms. The third-order valence-electron chi connectivity index (χ3n) is 2.49. The minimum Gasteiger partial charge on any atom is -0.447 e. The second-order valence-corrected chi connectivity index (χ2v) is 3.74. The summed E-state index contributed by atoms with van der Waals surface area (Å²) in [6.45, 7) is 2.17. The van der Waals surface area contributed by atoms with Gasteiger partial charge in [-0.15, -0.1) is 0 Å². The smallest absolute Gasteiger partial charge is 0.180 e. The van der Waals surface area contributed by atoms with Crippen molar-refractivity contribution in [3.05, 3.63) is 53.7 Å². The molecule has 1 heterocycles. The van der Waals surface area contributed by atoms with E-state index < -0.39 is 11.6 Å². The summed E-state index contributed by atoms with van der Waals surface area (Å²) < 4.78 is 31.5. The van der Waals surface area contributed by atoms with E-state index in [1.165, 1.54) is 12.5 Å². The van der Waals surface area contributed by atoms with E-state index in [9.17, 15) is 8.78 Å². The van der Waals surface area contributed by atoms with Crippen LogP contribution < -0.4 is 5.32 Å². The van der Waals surface area contributed by atoms with Crippen LogP contribution in [0.3, 0.4) is 0 Å². The summed E-state index contributed by atoms with van der Waals surface area (Å²) in [5.41, 5.74) is 0.296. The average molecular weight is 238 g/mol. The van der Waals surface area contributed by atoms with Gasteiger partial charge >= 0.3 is 0 Å². The van der Waals surface area contributed by atoms with Crippen molar-refractivity contribution >= 4 is 0 Å². The molecule has 0 saturated heterocycles. The van der Waals surface area contributed by atoms with Gasteiger partial charge in [0.2, 0.25) is 0 Å². The van der Waals surface area contributed by atoms with E-state index in [1.54, 1.807) is 13.1 Å². The molecule has 0 aliphatic rings. The van der Waals surface area contributed by atoms with Gasteiger partial charge in [0.15, 0.2) is 6.39 Å². The zero-order valence-electron chi connectivity index (χ0n) is 9.28. The molecule has 0 fully saturated rings. The number of halogens is 2. The van der Waals surface area contributed by atoms with Gasteiger partial charge in [-0.1, -0.05) is 0 Å². The molecule has 1 aromatic carbocycles. The second-order valence-electron chi connectivity index (χ2n) is 3.74. The van der Waals surface area contributed by atoms with Crippen molar-refractivity contribution < 1.29 is 13.2 Å². The minimum atomic E-state index is -0.449. The van der Waals surface area contributed by atoms with Crippen molar-refractivity contribution in [3.63, 3.8) is 0 Å². The van der Waals surface area contributed by atoms with Gasteiger partial charge in [-0.3, -0.25) is 0 Å². The summed E-state index contributed by atoms with van der Waals surface area (Å²) in [6, 6.07) is 3.10. The van der Waals surface area contributed by atoms with E-state index in [0.717, 1.165) is 12.1 Å². The Morgan fingerprint density at radius 2 is 2.24 bits per heavy atom. The number of benzene rings is 1. The van der Waals surface area contributed by atoms with Gasteiger partial charge in [-0.25, -0.2) is 13.8 Å². The molecule has 0 aliphatic heterocycles. The SMILES string of the molecule is CC(NCc1cnco1)c1cc(F)ccc1F. The van der Waals surface area contributed by atoms with Gasteiger partial charge in [-0.05, 0) is 25.1 Å². The summed E-state index contributed by atoms with van der Waals surface area (Å²) in [5.74, 6) is -0.229. The lowest BCUT2D eigenvalue weighted by molar-refractivity contribution is 0.449. The Hall–Kier alpha value is -1.75. The predicted molar refractivity (Wildman–Crippen MR) is 58.1 cm³/mol. The van der Waals surface area contributed by atoms with Crippen LogP contribution in [0.5, 0.6) is 0 Å². The quantitative estimate of drug-likeness (QED) is 0.890. The van der Waals surface area contributed by atoms with E-state index in [2.05, 4.69) is 10.3 Å². The lowest BCUT2D eigenvalue weighted by Crippen LogP contribution is -2.19. The number of nitrogens with one attached hydrogen (secondary N) is 1. The molecule has 0 aliphatic carbocycles. The highest BCUT2D eigenvalue weighted by atomic mass is 19.1. The number of rotatable bonds is 4. The predicted octanol–water partition coefficient (Wildman–Crippen LogP) is 2.80. The number of hydrogen-bond donors (Lipinski definition) is 1. The summed E-state index contributed by atoms with van der Waals surface area (Å²) in [7, 11) is 0. The van der Waals surface area contributed by atoms with Crippen LogP contribution >= 0.6 is 0 Å². The molecule has 1 aromatic heterocycles. The normalized spacial score (nSPS) is 12.6. The standard InChI is InChI=1S/C12H12F2N2O/c1-8(16-6-10-5-15-7-17-10)11-4-9(13)2-3-12(11)14/h2-5,7-8,16H,6H2,1H3. The lowest BCUT2D eigenvalue weighted by atomic mass is 10.1. The first-order chi connectivity index (χ1) is 8.16. The van der Waals surface area contributed by atoms with Crippen molar-refractivity contribution in [3.8, 4) is 0 Å². The van der Waals surface area contributed by atoms with Crippen LogP contribution in [0.25, 0.3) is 0 Å². The van der Waals surface area contributed by atoms with Gasteiger partial charge < -0.3 is 9.73 Å². The van der Waals surface area contributed by atoms with E-state index in [-0.39, 0.29) is 6.04 Å². The highest BCUT2D eigenvalue weighted by molar-refractivity contribution is 5.21. The molecule has 0 bridgehead atoms. The molecule has 0 spiro atoms. The maximum atomic E-state index is 13.4. The maximum absolute atomic E-state index is 13.4. The molecule has 0 amide bonds. The van der Waals surface area contributed by atoms with Crippen LogP contribution in [-0.4, -0.2) is 4.98 Å². The summed E-state index contributed by atoms with van der Waals surface area (Å²) in [6.07, 6.45) is 2.89. The van der Waals surface area contributed by atoms with Gasteiger partial charge in [0.1, 0.15) is 17.4 Å². The van der Waals surface area contributed by atoms with Crippen LogP contribution in [0.4, 0.5) is 8.78 Å². The average Bonchev–Trinajstić information content (AvgIpc) is 2.82. The van der Waals surface area contributed by atoms with Crippen LogP contribution in [0.1, 0.15) is 24.3 Å². The first kappa shape index (κ1) is 11.7. The number of nitrogens with zero attached hydrogens (tertiary/aromatic N) is 1. The summed E-state index contributed by atoms with van der Waals surface area (Å²) in [5, 5.41) is 3.03. The molecule has 90 valence electrons. The molecule has 1 N–H and O–H groups in total. The Bertz CT molecular complexity index is 485. The van der Waals surface area contributed by atoms with Gasteiger partial charge in [-0.2, -0.15) is 0 Å². The fourth-order valence-corrected chi connectivity index (χ4v) is 1.54. The van der Waals surface area contributed by atoms with Crippen molar-refractivity contribution in [1.82, 2.24) is 10.3 Å². The fraction of sp³-hybridized carbons (Fsp3) is 0.250. The monoisotopic (exact) mass is 238 g/mol. The molecule has 3 nitrogen and oxygen atoms in total. The molecule has 2 rings (SSSR count). The Balaban J connectivity index is 2.04. The molecule has 0 radical (unpaired) electrons. The van der Waals surface area contributed by atoms with E-state index in [1.807, 2.05) is 0 Å². The van der Waals surface area contributed by atoms with E-state index >= 15 is 0 Å². The highest BCUT2D eigenvalue weighted by Gasteiger charge is 2.12. The highest BCUT2D eigenvalue weighted by Crippen LogP contribution is 2.18. The second kappa shape index (κ2) is 5.05. The molecular weight excluding hydrogens is 226 g/mol. The van der Waals surface area contributed by atoms with Crippen molar-refractivity contribution in [2.24, 2.45) is 0 Å². The molecule has 2 aromatic rings. The zero-order valence-corrected chi connectivity index (χ0v) is 9.28. The van der Waals surface area contributed by atoms with E-state index in [4.69, 9.17) is 4.42 Å². The molecule has 1 atom stereocenters. The first-order valence-electron chi connectivity index (χ1n) is 5.22. The Labute approximate surface area is 97.5 Å². The fourth-order valence-electron chi connectivity index (χ4n) is 1.54. The first-order valence-corrected chi connectivity index (χ1v) is 5.22. The molecule has 1 unspecified atom stereocenters.